The smallest absolute Gasteiger partial charge is 0.336 e. The SMILES string of the molecule is Cc1cc(=O)oc2cc(OCC(=O)Nc3cccc4nsnc34)c(Cl)cc12. The molecule has 0 aliphatic heterocycles. The monoisotopic (exact) mass is 401 g/mol. The van der Waals surface area contributed by atoms with E-state index in [1.165, 1.54) is 12.1 Å². The topological polar surface area (TPSA) is 94.3 Å². The number of anilines is 1. The van der Waals surface area contributed by atoms with Crippen LogP contribution in [0.4, 0.5) is 5.69 Å². The predicted octanol–water partition coefficient (Wildman–Crippen LogP) is 3.78. The van der Waals surface area contributed by atoms with Gasteiger partial charge in [-0.05, 0) is 30.7 Å². The molecular formula is C18H12ClN3O4S. The van der Waals surface area contributed by atoms with Crippen LogP contribution in [0.2, 0.25) is 5.02 Å². The predicted molar refractivity (Wildman–Crippen MR) is 104 cm³/mol. The molecule has 0 fully saturated rings. The molecule has 2 heterocycles. The molecule has 0 bridgehead atoms. The number of carbonyl (C=O) groups is 1. The second-order valence-corrected chi connectivity index (χ2v) is 6.74. The third kappa shape index (κ3) is 3.49. The lowest BCUT2D eigenvalue weighted by molar-refractivity contribution is -0.118. The van der Waals surface area contributed by atoms with Crippen LogP contribution in [0.5, 0.6) is 5.75 Å². The Bertz CT molecular complexity index is 1230. The van der Waals surface area contributed by atoms with Gasteiger partial charge in [-0.1, -0.05) is 17.7 Å². The number of fused-ring (bicyclic) bond motifs is 2. The quantitative estimate of drug-likeness (QED) is 0.523. The Morgan fingerprint density at radius 1 is 1.30 bits per heavy atom. The van der Waals surface area contributed by atoms with Gasteiger partial charge in [0.25, 0.3) is 5.91 Å². The molecule has 136 valence electrons. The Balaban J connectivity index is 1.53. The van der Waals surface area contributed by atoms with Crippen molar-refractivity contribution in [3.63, 3.8) is 0 Å². The summed E-state index contributed by atoms with van der Waals surface area (Å²) >= 11 is 7.30. The number of halogens is 1. The fourth-order valence-electron chi connectivity index (χ4n) is 2.67. The van der Waals surface area contributed by atoms with Gasteiger partial charge in [-0.25, -0.2) is 4.79 Å². The van der Waals surface area contributed by atoms with Crippen molar-refractivity contribution in [3.05, 3.63) is 57.4 Å². The lowest BCUT2D eigenvalue weighted by Gasteiger charge is -2.10. The number of ether oxygens (including phenoxy) is 1. The Morgan fingerprint density at radius 2 is 2.15 bits per heavy atom. The minimum atomic E-state index is -0.462. The average molecular weight is 402 g/mol. The van der Waals surface area contributed by atoms with Crippen LogP contribution >= 0.6 is 23.3 Å². The lowest BCUT2D eigenvalue weighted by Crippen LogP contribution is -2.20. The number of nitrogens with zero attached hydrogens (tertiary/aromatic N) is 2. The molecule has 0 aliphatic rings. The largest absolute Gasteiger partial charge is 0.482 e. The summed E-state index contributed by atoms with van der Waals surface area (Å²) in [4.78, 5) is 23.8. The van der Waals surface area contributed by atoms with Crippen molar-refractivity contribution >= 4 is 56.9 Å². The van der Waals surface area contributed by atoms with Crippen LogP contribution in [0.3, 0.4) is 0 Å². The number of aromatic nitrogens is 2. The molecule has 0 spiro atoms. The van der Waals surface area contributed by atoms with Crippen molar-refractivity contribution < 1.29 is 13.9 Å². The third-order valence-electron chi connectivity index (χ3n) is 3.92. The molecular weight excluding hydrogens is 390 g/mol. The third-order valence-corrected chi connectivity index (χ3v) is 4.76. The molecule has 0 saturated carbocycles. The molecule has 2 aromatic carbocycles. The van der Waals surface area contributed by atoms with Gasteiger partial charge >= 0.3 is 5.63 Å². The molecule has 0 aliphatic carbocycles. The van der Waals surface area contributed by atoms with Crippen LogP contribution in [0.1, 0.15) is 5.56 Å². The first-order chi connectivity index (χ1) is 13.0. The first kappa shape index (κ1) is 17.4. The zero-order chi connectivity index (χ0) is 19.0. The number of carbonyl (C=O) groups excluding carboxylic acids is 1. The van der Waals surface area contributed by atoms with Crippen LogP contribution < -0.4 is 15.7 Å². The van der Waals surface area contributed by atoms with E-state index in [2.05, 4.69) is 14.1 Å². The fraction of sp³-hybridized carbons (Fsp3) is 0.111. The maximum atomic E-state index is 12.2. The number of aryl methyl sites for hydroxylation is 1. The van der Waals surface area contributed by atoms with Crippen LogP contribution in [-0.4, -0.2) is 21.3 Å². The highest BCUT2D eigenvalue weighted by molar-refractivity contribution is 7.00. The molecule has 0 atom stereocenters. The normalized spacial score (nSPS) is 11.0. The van der Waals surface area contributed by atoms with E-state index in [-0.39, 0.29) is 18.3 Å². The second-order valence-electron chi connectivity index (χ2n) is 5.80. The van der Waals surface area contributed by atoms with Gasteiger partial charge in [-0.15, -0.1) is 0 Å². The number of hydrogen-bond donors (Lipinski definition) is 1. The average Bonchev–Trinajstić information content (AvgIpc) is 3.10. The highest BCUT2D eigenvalue weighted by Crippen LogP contribution is 2.31. The number of nitrogens with one attached hydrogen (secondary N) is 1. The van der Waals surface area contributed by atoms with E-state index in [9.17, 15) is 9.59 Å². The number of hydrogen-bond acceptors (Lipinski definition) is 7. The summed E-state index contributed by atoms with van der Waals surface area (Å²) in [6.07, 6.45) is 0. The minimum Gasteiger partial charge on any atom is -0.482 e. The molecule has 1 amide bonds. The molecule has 1 N–H and O–H groups in total. The number of amides is 1. The van der Waals surface area contributed by atoms with Gasteiger partial charge in [-0.2, -0.15) is 8.75 Å². The highest BCUT2D eigenvalue weighted by atomic mass is 35.5. The van der Waals surface area contributed by atoms with E-state index >= 15 is 0 Å². The van der Waals surface area contributed by atoms with E-state index in [1.54, 1.807) is 25.1 Å². The summed E-state index contributed by atoms with van der Waals surface area (Å²) in [6, 6.07) is 9.87. The molecule has 0 saturated heterocycles. The maximum absolute atomic E-state index is 12.2. The molecule has 4 rings (SSSR count). The van der Waals surface area contributed by atoms with Gasteiger partial charge in [0.2, 0.25) is 0 Å². The van der Waals surface area contributed by atoms with Crippen LogP contribution in [0.25, 0.3) is 22.0 Å². The zero-order valence-corrected chi connectivity index (χ0v) is 15.6. The molecule has 4 aromatic rings. The Morgan fingerprint density at radius 3 is 3.00 bits per heavy atom. The highest BCUT2D eigenvalue weighted by Gasteiger charge is 2.12. The van der Waals surface area contributed by atoms with Crippen molar-refractivity contribution in [1.29, 1.82) is 0 Å². The van der Waals surface area contributed by atoms with E-state index in [1.807, 2.05) is 6.07 Å². The molecule has 2 aromatic heterocycles. The van der Waals surface area contributed by atoms with Crippen LogP contribution in [-0.2, 0) is 4.79 Å². The van der Waals surface area contributed by atoms with Gasteiger partial charge in [0.15, 0.2) is 6.61 Å². The zero-order valence-electron chi connectivity index (χ0n) is 14.0. The Hall–Kier alpha value is -2.97. The van der Waals surface area contributed by atoms with Gasteiger partial charge in [0.1, 0.15) is 22.4 Å². The van der Waals surface area contributed by atoms with Crippen molar-refractivity contribution in [2.75, 3.05) is 11.9 Å². The van der Waals surface area contributed by atoms with Crippen LogP contribution in [0.15, 0.2) is 45.6 Å². The molecule has 9 heteroatoms. The first-order valence-corrected chi connectivity index (χ1v) is 9.00. The molecule has 0 radical (unpaired) electrons. The Kier molecular flexibility index (Phi) is 4.51. The molecule has 7 nitrogen and oxygen atoms in total. The first-order valence-electron chi connectivity index (χ1n) is 7.89. The second kappa shape index (κ2) is 6.98. The maximum Gasteiger partial charge on any atom is 0.336 e. The lowest BCUT2D eigenvalue weighted by atomic mass is 10.1. The number of rotatable bonds is 4. The summed E-state index contributed by atoms with van der Waals surface area (Å²) in [5, 5.41) is 3.77. The Labute approximate surface area is 161 Å². The summed E-state index contributed by atoms with van der Waals surface area (Å²) in [6.45, 7) is 1.52. The minimum absolute atomic E-state index is 0.251. The fourth-order valence-corrected chi connectivity index (χ4v) is 3.43. The standard InChI is InChI=1S/C18H12ClN3O4S/c1-9-5-17(24)26-14-7-15(11(19)6-10(9)14)25-8-16(23)20-12-3-2-4-13-18(12)22-27-21-13/h2-7H,8H2,1H3,(H,20,23). The van der Waals surface area contributed by atoms with E-state index in [0.717, 1.165) is 17.3 Å². The van der Waals surface area contributed by atoms with Crippen molar-refractivity contribution in [2.24, 2.45) is 0 Å². The van der Waals surface area contributed by atoms with E-state index in [4.69, 9.17) is 20.8 Å². The van der Waals surface area contributed by atoms with Gasteiger partial charge < -0.3 is 14.5 Å². The van der Waals surface area contributed by atoms with Gasteiger partial charge in [0, 0.05) is 17.5 Å². The molecule has 0 unspecified atom stereocenters. The molecule has 27 heavy (non-hydrogen) atoms. The van der Waals surface area contributed by atoms with Crippen molar-refractivity contribution in [3.8, 4) is 5.75 Å². The van der Waals surface area contributed by atoms with Gasteiger partial charge in [-0.3, -0.25) is 4.79 Å². The summed E-state index contributed by atoms with van der Waals surface area (Å²) in [7, 11) is 0. The number of benzene rings is 2. The van der Waals surface area contributed by atoms with E-state index < -0.39 is 5.63 Å². The summed E-state index contributed by atoms with van der Waals surface area (Å²) in [5.41, 5.74) is 2.52. The summed E-state index contributed by atoms with van der Waals surface area (Å²) < 4.78 is 19.0. The summed E-state index contributed by atoms with van der Waals surface area (Å²) in [5.74, 6) is -0.126. The van der Waals surface area contributed by atoms with Gasteiger partial charge in [0.05, 0.1) is 22.4 Å². The van der Waals surface area contributed by atoms with Crippen LogP contribution in [0, 0.1) is 6.92 Å². The van der Waals surface area contributed by atoms with E-state index in [0.29, 0.717) is 32.7 Å². The van der Waals surface area contributed by atoms with Crippen molar-refractivity contribution in [2.45, 2.75) is 6.92 Å². The van der Waals surface area contributed by atoms with Crippen molar-refractivity contribution in [1.82, 2.24) is 8.75 Å².